The van der Waals surface area contributed by atoms with Gasteiger partial charge in [0.1, 0.15) is 0 Å². The molecule has 2 atom stereocenters. The van der Waals surface area contributed by atoms with Crippen LogP contribution >= 0.6 is 0 Å². The molecule has 0 aromatic heterocycles. The Labute approximate surface area is 130 Å². The SMILES string of the molecule is c1ccc(C2OOC(C3(c4ccccc4)CCCC3)O2)cc1. The lowest BCUT2D eigenvalue weighted by Crippen LogP contribution is -2.37. The van der Waals surface area contributed by atoms with E-state index in [1.54, 1.807) is 0 Å². The molecule has 114 valence electrons. The fourth-order valence-corrected chi connectivity index (χ4v) is 3.66. The van der Waals surface area contributed by atoms with Crippen molar-refractivity contribution in [2.45, 2.75) is 43.7 Å². The molecule has 4 rings (SSSR count). The van der Waals surface area contributed by atoms with Crippen molar-refractivity contribution in [1.82, 2.24) is 0 Å². The molecule has 2 unspecified atom stereocenters. The van der Waals surface area contributed by atoms with E-state index in [-0.39, 0.29) is 11.7 Å². The molecule has 3 nitrogen and oxygen atoms in total. The Morgan fingerprint density at radius 1 is 0.773 bits per heavy atom. The molecule has 2 aromatic rings. The van der Waals surface area contributed by atoms with E-state index < -0.39 is 6.29 Å². The second kappa shape index (κ2) is 5.84. The maximum atomic E-state index is 6.14. The molecule has 1 aliphatic carbocycles. The Morgan fingerprint density at radius 2 is 1.41 bits per heavy atom. The molecule has 0 bridgehead atoms. The summed E-state index contributed by atoms with van der Waals surface area (Å²) in [4.78, 5) is 11.1. The van der Waals surface area contributed by atoms with Gasteiger partial charge < -0.3 is 4.74 Å². The first-order valence-corrected chi connectivity index (χ1v) is 7.97. The van der Waals surface area contributed by atoms with E-state index in [4.69, 9.17) is 14.5 Å². The molecular formula is C19H20O3. The van der Waals surface area contributed by atoms with E-state index in [1.165, 1.54) is 18.4 Å². The summed E-state index contributed by atoms with van der Waals surface area (Å²) >= 11 is 0. The largest absolute Gasteiger partial charge is 0.312 e. The summed E-state index contributed by atoms with van der Waals surface area (Å²) in [6.07, 6.45) is 3.77. The average molecular weight is 296 g/mol. The maximum absolute atomic E-state index is 6.14. The molecule has 2 aliphatic rings. The summed E-state index contributed by atoms with van der Waals surface area (Å²) in [6.45, 7) is 0. The lowest BCUT2D eigenvalue weighted by atomic mass is 9.78. The van der Waals surface area contributed by atoms with Gasteiger partial charge in [0.05, 0.1) is 0 Å². The number of rotatable bonds is 3. The predicted molar refractivity (Wildman–Crippen MR) is 82.8 cm³/mol. The summed E-state index contributed by atoms with van der Waals surface area (Å²) in [5.74, 6) is 0. The van der Waals surface area contributed by atoms with Crippen LogP contribution in [0.2, 0.25) is 0 Å². The van der Waals surface area contributed by atoms with Crippen molar-refractivity contribution in [3.05, 3.63) is 71.8 Å². The van der Waals surface area contributed by atoms with Crippen LogP contribution in [0.5, 0.6) is 0 Å². The number of hydrogen-bond acceptors (Lipinski definition) is 3. The van der Waals surface area contributed by atoms with E-state index in [1.807, 2.05) is 36.4 Å². The Bertz CT molecular complexity index is 605. The van der Waals surface area contributed by atoms with Gasteiger partial charge >= 0.3 is 0 Å². The van der Waals surface area contributed by atoms with Crippen molar-refractivity contribution in [2.24, 2.45) is 0 Å². The lowest BCUT2D eigenvalue weighted by Gasteiger charge is -2.32. The average Bonchev–Trinajstić information content (AvgIpc) is 3.27. The van der Waals surface area contributed by atoms with Crippen LogP contribution in [-0.2, 0) is 19.9 Å². The first-order chi connectivity index (χ1) is 10.9. The van der Waals surface area contributed by atoms with E-state index in [0.29, 0.717) is 0 Å². The Balaban J connectivity index is 1.60. The van der Waals surface area contributed by atoms with Crippen molar-refractivity contribution in [3.63, 3.8) is 0 Å². The molecule has 22 heavy (non-hydrogen) atoms. The molecule has 1 aliphatic heterocycles. The van der Waals surface area contributed by atoms with Crippen LogP contribution in [0.25, 0.3) is 0 Å². The van der Waals surface area contributed by atoms with Gasteiger partial charge in [-0.15, -0.1) is 0 Å². The molecule has 0 amide bonds. The van der Waals surface area contributed by atoms with Crippen molar-refractivity contribution in [1.29, 1.82) is 0 Å². The normalized spacial score (nSPS) is 27.1. The van der Waals surface area contributed by atoms with E-state index in [9.17, 15) is 0 Å². The molecule has 1 heterocycles. The molecule has 3 heteroatoms. The van der Waals surface area contributed by atoms with Gasteiger partial charge in [0.15, 0.2) is 0 Å². The summed E-state index contributed by atoms with van der Waals surface area (Å²) in [7, 11) is 0. The van der Waals surface area contributed by atoms with Crippen LogP contribution in [0.15, 0.2) is 60.7 Å². The quantitative estimate of drug-likeness (QED) is 0.780. The lowest BCUT2D eigenvalue weighted by molar-refractivity contribution is -0.308. The van der Waals surface area contributed by atoms with Crippen LogP contribution in [0.3, 0.4) is 0 Å². The van der Waals surface area contributed by atoms with Gasteiger partial charge in [-0.2, -0.15) is 4.89 Å². The van der Waals surface area contributed by atoms with Gasteiger partial charge in [-0.25, -0.2) is 4.89 Å². The minimum Gasteiger partial charge on any atom is -0.312 e. The number of ether oxygens (including phenoxy) is 1. The highest BCUT2D eigenvalue weighted by Gasteiger charge is 2.49. The summed E-state index contributed by atoms with van der Waals surface area (Å²) < 4.78 is 6.14. The zero-order chi connectivity index (χ0) is 14.8. The standard InChI is InChI=1S/C19H20O3/c1-3-9-15(10-4-1)17-20-18(22-21-17)19(13-7-8-14-19)16-11-5-2-6-12-16/h1-6,9-12,17-18H,7-8,13-14H2. The highest BCUT2D eigenvalue weighted by Crippen LogP contribution is 2.48. The van der Waals surface area contributed by atoms with Gasteiger partial charge in [0, 0.05) is 11.0 Å². The van der Waals surface area contributed by atoms with E-state index >= 15 is 0 Å². The molecule has 2 aromatic carbocycles. The minimum atomic E-state index is -0.438. The minimum absolute atomic E-state index is 0.0925. The monoisotopic (exact) mass is 296 g/mol. The number of hydrogen-bond donors (Lipinski definition) is 0. The van der Waals surface area contributed by atoms with Gasteiger partial charge in [-0.1, -0.05) is 73.5 Å². The molecule has 1 saturated carbocycles. The first-order valence-electron chi connectivity index (χ1n) is 7.97. The first kappa shape index (κ1) is 13.9. The van der Waals surface area contributed by atoms with Crippen molar-refractivity contribution in [3.8, 4) is 0 Å². The van der Waals surface area contributed by atoms with Crippen LogP contribution in [0, 0.1) is 0 Å². The highest BCUT2D eigenvalue weighted by atomic mass is 17.3. The summed E-state index contributed by atoms with van der Waals surface area (Å²) in [6, 6.07) is 20.5. The summed E-state index contributed by atoms with van der Waals surface area (Å²) in [5.41, 5.74) is 2.19. The molecule has 0 radical (unpaired) electrons. The molecule has 0 N–H and O–H groups in total. The summed E-state index contributed by atoms with van der Waals surface area (Å²) in [5, 5.41) is 0. The molecule has 0 spiro atoms. The Hall–Kier alpha value is -1.68. The van der Waals surface area contributed by atoms with E-state index in [2.05, 4.69) is 24.3 Å². The van der Waals surface area contributed by atoms with Crippen LogP contribution in [-0.4, -0.2) is 6.29 Å². The second-order valence-corrected chi connectivity index (χ2v) is 6.13. The van der Waals surface area contributed by atoms with Gasteiger partial charge in [0.25, 0.3) is 0 Å². The Morgan fingerprint density at radius 3 is 2.09 bits per heavy atom. The third-order valence-electron chi connectivity index (χ3n) is 4.84. The molecule has 1 saturated heterocycles. The topological polar surface area (TPSA) is 27.7 Å². The highest BCUT2D eigenvalue weighted by molar-refractivity contribution is 5.28. The smallest absolute Gasteiger partial charge is 0.220 e. The van der Waals surface area contributed by atoms with Crippen molar-refractivity contribution >= 4 is 0 Å². The molecular weight excluding hydrogens is 276 g/mol. The van der Waals surface area contributed by atoms with Gasteiger partial charge in [-0.3, -0.25) is 0 Å². The Kier molecular flexibility index (Phi) is 3.70. The third kappa shape index (κ3) is 2.35. The maximum Gasteiger partial charge on any atom is 0.220 e. The molecule has 2 fully saturated rings. The van der Waals surface area contributed by atoms with Gasteiger partial charge in [0.2, 0.25) is 12.6 Å². The van der Waals surface area contributed by atoms with E-state index in [0.717, 1.165) is 18.4 Å². The van der Waals surface area contributed by atoms with Crippen molar-refractivity contribution < 1.29 is 14.5 Å². The van der Waals surface area contributed by atoms with Gasteiger partial charge in [-0.05, 0) is 18.4 Å². The van der Waals surface area contributed by atoms with Crippen LogP contribution in [0.4, 0.5) is 0 Å². The third-order valence-corrected chi connectivity index (χ3v) is 4.84. The van der Waals surface area contributed by atoms with Crippen LogP contribution in [0.1, 0.15) is 43.1 Å². The van der Waals surface area contributed by atoms with Crippen LogP contribution < -0.4 is 0 Å². The second-order valence-electron chi connectivity index (χ2n) is 6.13. The fraction of sp³-hybridized carbons (Fsp3) is 0.368. The zero-order valence-electron chi connectivity index (χ0n) is 12.5. The zero-order valence-corrected chi connectivity index (χ0v) is 12.5. The van der Waals surface area contributed by atoms with Crippen molar-refractivity contribution in [2.75, 3.05) is 0 Å². The number of benzene rings is 2. The fourth-order valence-electron chi connectivity index (χ4n) is 3.66. The predicted octanol–water partition coefficient (Wildman–Crippen LogP) is 4.50.